The van der Waals surface area contributed by atoms with Crippen LogP contribution in [0, 0.1) is 0 Å². The molecule has 0 spiro atoms. The Morgan fingerprint density at radius 3 is 1.48 bits per heavy atom. The van der Waals surface area contributed by atoms with Crippen molar-refractivity contribution in [2.75, 3.05) is 0 Å². The van der Waals surface area contributed by atoms with Crippen molar-refractivity contribution in [3.05, 3.63) is 176 Å². The summed E-state index contributed by atoms with van der Waals surface area (Å²) in [5.74, 6) is 2.64. The molecule has 4 heterocycles. The second kappa shape index (κ2) is 13.4. The van der Waals surface area contributed by atoms with E-state index in [2.05, 4.69) is 121 Å². The second-order valence-corrected chi connectivity index (χ2v) is 15.8. The van der Waals surface area contributed by atoms with Gasteiger partial charge in [0.2, 0.25) is 0 Å². The van der Waals surface area contributed by atoms with E-state index in [0.29, 0.717) is 17.5 Å². The summed E-state index contributed by atoms with van der Waals surface area (Å²) in [6, 6.07) is 60.9. The van der Waals surface area contributed by atoms with E-state index >= 15 is 0 Å². The smallest absolute Gasteiger partial charge is 0.164 e. The zero-order chi connectivity index (χ0) is 37.0. The van der Waals surface area contributed by atoms with Crippen LogP contribution in [0.3, 0.4) is 0 Å². The molecule has 7 aromatic carbocycles. The SMILES string of the molecule is c1ccc(-c2ccc(-c3nc(-c4ccccc4)nc(-c4ccc5sc6c(-c7nc(-c8ccccc8)nc8c7sc7ccccc78)cccc6c5c4)n3)cc2)cc1. The Kier molecular flexibility index (Phi) is 7.79. The van der Waals surface area contributed by atoms with Gasteiger partial charge >= 0.3 is 0 Å². The Labute approximate surface area is 330 Å². The van der Waals surface area contributed by atoms with Crippen molar-refractivity contribution in [2.24, 2.45) is 0 Å². The number of hydrogen-bond donors (Lipinski definition) is 0. The van der Waals surface area contributed by atoms with Crippen molar-refractivity contribution in [1.29, 1.82) is 0 Å². The largest absolute Gasteiger partial charge is 0.226 e. The third-order valence-electron chi connectivity index (χ3n) is 10.2. The fourth-order valence-electron chi connectivity index (χ4n) is 7.41. The summed E-state index contributed by atoms with van der Waals surface area (Å²) in [5.41, 5.74) is 9.18. The molecule has 0 bridgehead atoms. The molecule has 5 nitrogen and oxygen atoms in total. The van der Waals surface area contributed by atoms with Crippen molar-refractivity contribution >= 4 is 63.1 Å². The number of rotatable bonds is 6. The van der Waals surface area contributed by atoms with Gasteiger partial charge in [-0.2, -0.15) is 0 Å². The van der Waals surface area contributed by atoms with E-state index in [0.717, 1.165) is 65.9 Å². The Hall–Kier alpha value is -6.93. The predicted molar refractivity (Wildman–Crippen MR) is 234 cm³/mol. The topological polar surface area (TPSA) is 64.5 Å². The lowest BCUT2D eigenvalue weighted by Gasteiger charge is -2.09. The molecule has 11 rings (SSSR count). The Balaban J connectivity index is 1.07. The minimum atomic E-state index is 0.633. The van der Waals surface area contributed by atoms with Gasteiger partial charge in [0.1, 0.15) is 0 Å². The highest BCUT2D eigenvalue weighted by molar-refractivity contribution is 7.27. The van der Waals surface area contributed by atoms with Crippen LogP contribution in [0.25, 0.3) is 108 Å². The minimum absolute atomic E-state index is 0.633. The molecule has 0 aliphatic heterocycles. The maximum atomic E-state index is 5.30. The lowest BCUT2D eigenvalue weighted by atomic mass is 10.0. The van der Waals surface area contributed by atoms with E-state index in [9.17, 15) is 0 Å². The summed E-state index contributed by atoms with van der Waals surface area (Å²) in [6.45, 7) is 0. The summed E-state index contributed by atoms with van der Waals surface area (Å²) in [4.78, 5) is 25.6. The highest BCUT2D eigenvalue weighted by atomic mass is 32.1. The average molecular weight is 752 g/mol. The third kappa shape index (κ3) is 5.64. The molecule has 0 atom stereocenters. The molecule has 0 fully saturated rings. The molecule has 0 radical (unpaired) electrons. The monoisotopic (exact) mass is 751 g/mol. The van der Waals surface area contributed by atoms with Gasteiger partial charge in [0, 0.05) is 58.1 Å². The van der Waals surface area contributed by atoms with Gasteiger partial charge in [-0.25, -0.2) is 24.9 Å². The van der Waals surface area contributed by atoms with Crippen molar-refractivity contribution in [3.8, 4) is 67.9 Å². The number of fused-ring (bicyclic) bond motifs is 6. The van der Waals surface area contributed by atoms with E-state index in [1.165, 1.54) is 25.0 Å². The Morgan fingerprint density at radius 1 is 0.304 bits per heavy atom. The summed E-state index contributed by atoms with van der Waals surface area (Å²) >= 11 is 3.55. The highest BCUT2D eigenvalue weighted by Gasteiger charge is 2.20. The zero-order valence-electron chi connectivity index (χ0n) is 29.8. The first-order chi connectivity index (χ1) is 27.7. The van der Waals surface area contributed by atoms with E-state index in [1.54, 1.807) is 22.7 Å². The summed E-state index contributed by atoms with van der Waals surface area (Å²) in [6.07, 6.45) is 0. The molecule has 56 heavy (non-hydrogen) atoms. The van der Waals surface area contributed by atoms with Crippen molar-refractivity contribution in [3.63, 3.8) is 0 Å². The van der Waals surface area contributed by atoms with Gasteiger partial charge in [0.05, 0.1) is 15.9 Å². The van der Waals surface area contributed by atoms with Crippen LogP contribution in [0.1, 0.15) is 0 Å². The first-order valence-corrected chi connectivity index (χ1v) is 20.0. The molecule has 4 aromatic heterocycles. The highest BCUT2D eigenvalue weighted by Crippen LogP contribution is 2.45. The lowest BCUT2D eigenvalue weighted by Crippen LogP contribution is -2.00. The lowest BCUT2D eigenvalue weighted by molar-refractivity contribution is 1.07. The van der Waals surface area contributed by atoms with Crippen LogP contribution in [0.5, 0.6) is 0 Å². The summed E-state index contributed by atoms with van der Waals surface area (Å²) < 4.78 is 4.68. The van der Waals surface area contributed by atoms with Crippen molar-refractivity contribution < 1.29 is 0 Å². The van der Waals surface area contributed by atoms with Gasteiger partial charge in [-0.15, -0.1) is 22.7 Å². The van der Waals surface area contributed by atoms with Crippen molar-refractivity contribution in [2.45, 2.75) is 0 Å². The first-order valence-electron chi connectivity index (χ1n) is 18.4. The molecule has 0 saturated heterocycles. The minimum Gasteiger partial charge on any atom is -0.226 e. The van der Waals surface area contributed by atoms with E-state index in [1.807, 2.05) is 54.6 Å². The van der Waals surface area contributed by atoms with Crippen LogP contribution in [-0.2, 0) is 0 Å². The van der Waals surface area contributed by atoms with Crippen LogP contribution in [-0.4, -0.2) is 24.9 Å². The van der Waals surface area contributed by atoms with Gasteiger partial charge in [0.15, 0.2) is 23.3 Å². The molecule has 7 heteroatoms. The number of thiophene rings is 2. The maximum absolute atomic E-state index is 5.30. The summed E-state index contributed by atoms with van der Waals surface area (Å²) in [7, 11) is 0. The number of hydrogen-bond acceptors (Lipinski definition) is 7. The van der Waals surface area contributed by atoms with E-state index in [-0.39, 0.29) is 0 Å². The van der Waals surface area contributed by atoms with Gasteiger partial charge < -0.3 is 0 Å². The van der Waals surface area contributed by atoms with Gasteiger partial charge in [-0.05, 0) is 35.4 Å². The van der Waals surface area contributed by atoms with Crippen LogP contribution in [0.2, 0.25) is 0 Å². The molecule has 0 aliphatic carbocycles. The van der Waals surface area contributed by atoms with Crippen LogP contribution in [0.15, 0.2) is 176 Å². The number of benzene rings is 7. The fraction of sp³-hybridized carbons (Fsp3) is 0. The Bertz CT molecular complexity index is 3230. The Morgan fingerprint density at radius 2 is 0.786 bits per heavy atom. The number of nitrogens with zero attached hydrogens (tertiary/aromatic N) is 5. The zero-order valence-corrected chi connectivity index (χ0v) is 31.4. The average Bonchev–Trinajstić information content (AvgIpc) is 3.85. The second-order valence-electron chi connectivity index (χ2n) is 13.6. The summed E-state index contributed by atoms with van der Waals surface area (Å²) in [5, 5.41) is 3.48. The first kappa shape index (κ1) is 32.5. The number of aromatic nitrogens is 5. The van der Waals surface area contributed by atoms with Gasteiger partial charge in [0.25, 0.3) is 0 Å². The predicted octanol–water partition coefficient (Wildman–Crippen LogP) is 13.4. The normalized spacial score (nSPS) is 11.6. The molecule has 0 saturated carbocycles. The third-order valence-corrected chi connectivity index (χ3v) is 12.6. The molecule has 0 amide bonds. The molecule has 11 aromatic rings. The van der Waals surface area contributed by atoms with Gasteiger partial charge in [-0.1, -0.05) is 152 Å². The molecule has 262 valence electrons. The molecular formula is C49H29N5S2. The fourth-order valence-corrected chi connectivity index (χ4v) is 9.75. The van der Waals surface area contributed by atoms with E-state index in [4.69, 9.17) is 24.9 Å². The maximum Gasteiger partial charge on any atom is 0.164 e. The quantitative estimate of drug-likeness (QED) is 0.169. The van der Waals surface area contributed by atoms with Crippen LogP contribution >= 0.6 is 22.7 Å². The molecule has 0 aliphatic rings. The molecule has 0 unspecified atom stereocenters. The van der Waals surface area contributed by atoms with Crippen LogP contribution in [0.4, 0.5) is 0 Å². The van der Waals surface area contributed by atoms with Crippen LogP contribution < -0.4 is 0 Å². The molecular weight excluding hydrogens is 723 g/mol. The van der Waals surface area contributed by atoms with Gasteiger partial charge in [-0.3, -0.25) is 0 Å². The van der Waals surface area contributed by atoms with E-state index < -0.39 is 0 Å². The van der Waals surface area contributed by atoms with Crippen molar-refractivity contribution in [1.82, 2.24) is 24.9 Å². The molecule has 0 N–H and O–H groups in total. The standard InChI is InChI=1S/C49H29N5S2/c1-4-13-30(14-5-1)31-23-25-34(26-24-31)48-52-47(33-17-8-3-9-18-33)53-49(54-48)35-27-28-41-39(29-35)36-20-12-21-38(44(36)55-41)43-45-42(37-19-10-11-22-40(37)56-45)50-46(51-43)32-15-6-2-7-16-32/h1-29H.